The molecule has 0 spiro atoms. The Morgan fingerprint density at radius 1 is 1.10 bits per heavy atom. The molecule has 2 rings (SSSR count). The fourth-order valence-corrected chi connectivity index (χ4v) is 2.39. The van der Waals surface area contributed by atoms with Crippen molar-refractivity contribution in [1.82, 2.24) is 15.2 Å². The molecule has 2 aromatic rings. The Labute approximate surface area is 116 Å². The molecule has 0 atom stereocenters. The van der Waals surface area contributed by atoms with Gasteiger partial charge in [0.1, 0.15) is 0 Å². The number of aliphatic hydroxyl groups excluding tert-OH is 1. The number of aromatic nitrogens is 3. The molecule has 0 aliphatic heterocycles. The third-order valence-electron chi connectivity index (χ3n) is 2.73. The van der Waals surface area contributed by atoms with Gasteiger partial charge in [-0.3, -0.25) is 0 Å². The van der Waals surface area contributed by atoms with Crippen molar-refractivity contribution in [2.75, 3.05) is 4.72 Å². The Morgan fingerprint density at radius 2 is 1.75 bits per heavy atom. The first-order valence-corrected chi connectivity index (χ1v) is 7.31. The summed E-state index contributed by atoms with van der Waals surface area (Å²) in [7, 11) is -3.76. The molecule has 8 heteroatoms. The van der Waals surface area contributed by atoms with E-state index in [1.54, 1.807) is 13.8 Å². The summed E-state index contributed by atoms with van der Waals surface area (Å²) >= 11 is 0. The highest BCUT2D eigenvalue weighted by molar-refractivity contribution is 7.92. The number of rotatable bonds is 4. The van der Waals surface area contributed by atoms with Gasteiger partial charge < -0.3 is 5.11 Å². The van der Waals surface area contributed by atoms with Crippen molar-refractivity contribution in [2.24, 2.45) is 0 Å². The third-order valence-corrected chi connectivity index (χ3v) is 4.08. The van der Waals surface area contributed by atoms with E-state index in [4.69, 9.17) is 5.11 Å². The average molecular weight is 294 g/mol. The fraction of sp³-hybridized carbons (Fsp3) is 0.250. The van der Waals surface area contributed by atoms with Crippen LogP contribution in [0.5, 0.6) is 0 Å². The summed E-state index contributed by atoms with van der Waals surface area (Å²) in [4.78, 5) is 4.08. The second-order valence-corrected chi connectivity index (χ2v) is 5.90. The molecular weight excluding hydrogens is 280 g/mol. The molecule has 1 aromatic carbocycles. The average Bonchev–Trinajstić information content (AvgIpc) is 2.43. The van der Waals surface area contributed by atoms with E-state index in [2.05, 4.69) is 19.9 Å². The summed E-state index contributed by atoms with van der Waals surface area (Å²) in [6.07, 6.45) is 0. The minimum absolute atomic E-state index is 0.0662. The van der Waals surface area contributed by atoms with Crippen LogP contribution in [0, 0.1) is 13.8 Å². The van der Waals surface area contributed by atoms with Crippen LogP contribution >= 0.6 is 0 Å². The maximum atomic E-state index is 12.1. The monoisotopic (exact) mass is 294 g/mol. The molecule has 1 aromatic heterocycles. The van der Waals surface area contributed by atoms with Gasteiger partial charge in [0.15, 0.2) is 0 Å². The number of benzene rings is 1. The number of anilines is 1. The number of sulfonamides is 1. The van der Waals surface area contributed by atoms with Crippen molar-refractivity contribution < 1.29 is 13.5 Å². The van der Waals surface area contributed by atoms with Crippen molar-refractivity contribution in [3.8, 4) is 0 Å². The predicted molar refractivity (Wildman–Crippen MR) is 72.5 cm³/mol. The summed E-state index contributed by atoms with van der Waals surface area (Å²) < 4.78 is 26.5. The molecule has 0 saturated carbocycles. The standard InChI is InChI=1S/C12H14N4O3S/c1-8-9(2)14-15-12(13-8)16-20(18,19)11-5-3-10(7-17)4-6-11/h3-6,17H,7H2,1-2H3,(H,13,15,16). The van der Waals surface area contributed by atoms with E-state index in [9.17, 15) is 8.42 Å². The van der Waals surface area contributed by atoms with E-state index in [1.165, 1.54) is 24.3 Å². The van der Waals surface area contributed by atoms with Crippen LogP contribution in [0.3, 0.4) is 0 Å². The van der Waals surface area contributed by atoms with E-state index in [0.29, 0.717) is 17.0 Å². The maximum Gasteiger partial charge on any atom is 0.264 e. The summed E-state index contributed by atoms with van der Waals surface area (Å²) in [5.41, 5.74) is 1.88. The van der Waals surface area contributed by atoms with Crippen molar-refractivity contribution in [3.63, 3.8) is 0 Å². The van der Waals surface area contributed by atoms with Crippen molar-refractivity contribution in [2.45, 2.75) is 25.3 Å². The molecule has 0 aliphatic rings. The van der Waals surface area contributed by atoms with Gasteiger partial charge in [0.05, 0.1) is 22.9 Å². The molecule has 0 amide bonds. The Morgan fingerprint density at radius 3 is 2.30 bits per heavy atom. The molecule has 7 nitrogen and oxygen atoms in total. The first kappa shape index (κ1) is 14.4. The zero-order valence-corrected chi connectivity index (χ0v) is 11.8. The fourth-order valence-electron chi connectivity index (χ4n) is 1.45. The smallest absolute Gasteiger partial charge is 0.264 e. The van der Waals surface area contributed by atoms with Crippen LogP contribution in [-0.2, 0) is 16.6 Å². The zero-order chi connectivity index (χ0) is 14.8. The number of aryl methyl sites for hydroxylation is 2. The summed E-state index contributed by atoms with van der Waals surface area (Å²) in [6.45, 7) is 3.32. The second-order valence-electron chi connectivity index (χ2n) is 4.21. The summed E-state index contributed by atoms with van der Waals surface area (Å²) in [5.74, 6) is -0.0701. The lowest BCUT2D eigenvalue weighted by Crippen LogP contribution is -2.16. The summed E-state index contributed by atoms with van der Waals surface area (Å²) in [6, 6.07) is 5.88. The number of nitrogens with one attached hydrogen (secondary N) is 1. The first-order chi connectivity index (χ1) is 9.42. The predicted octanol–water partition coefficient (Wildman–Crippen LogP) is 0.782. The second kappa shape index (κ2) is 5.51. The lowest BCUT2D eigenvalue weighted by atomic mass is 10.2. The highest BCUT2D eigenvalue weighted by atomic mass is 32.2. The Bertz CT molecular complexity index is 714. The normalized spacial score (nSPS) is 11.3. The molecule has 106 valence electrons. The highest BCUT2D eigenvalue weighted by Crippen LogP contribution is 2.14. The zero-order valence-electron chi connectivity index (χ0n) is 11.0. The van der Waals surface area contributed by atoms with E-state index >= 15 is 0 Å². The van der Waals surface area contributed by atoms with Crippen LogP contribution in [0.2, 0.25) is 0 Å². The maximum absolute atomic E-state index is 12.1. The van der Waals surface area contributed by atoms with Crippen molar-refractivity contribution >= 4 is 16.0 Å². The number of aliphatic hydroxyl groups is 1. The molecule has 0 radical (unpaired) electrons. The van der Waals surface area contributed by atoms with Gasteiger partial charge in [-0.05, 0) is 31.5 Å². The van der Waals surface area contributed by atoms with Gasteiger partial charge in [0.2, 0.25) is 0 Å². The minimum atomic E-state index is -3.76. The molecule has 0 unspecified atom stereocenters. The molecule has 0 bridgehead atoms. The van der Waals surface area contributed by atoms with E-state index < -0.39 is 10.0 Å². The van der Waals surface area contributed by atoms with Crippen LogP contribution in [0.25, 0.3) is 0 Å². The first-order valence-electron chi connectivity index (χ1n) is 5.83. The molecule has 1 heterocycles. The molecule has 0 saturated heterocycles. The van der Waals surface area contributed by atoms with Crippen LogP contribution in [-0.4, -0.2) is 28.7 Å². The molecule has 0 fully saturated rings. The molecule has 20 heavy (non-hydrogen) atoms. The topological polar surface area (TPSA) is 105 Å². The van der Waals surface area contributed by atoms with Crippen LogP contribution < -0.4 is 4.72 Å². The molecule has 2 N–H and O–H groups in total. The summed E-state index contributed by atoms with van der Waals surface area (Å²) in [5, 5.41) is 16.4. The molecular formula is C12H14N4O3S. The van der Waals surface area contributed by atoms with Gasteiger partial charge in [-0.2, -0.15) is 5.10 Å². The number of hydrogen-bond acceptors (Lipinski definition) is 6. The van der Waals surface area contributed by atoms with Gasteiger partial charge in [-0.15, -0.1) is 5.10 Å². The Balaban J connectivity index is 2.27. The lowest BCUT2D eigenvalue weighted by molar-refractivity contribution is 0.282. The SMILES string of the molecule is Cc1nnc(NS(=O)(=O)c2ccc(CO)cc2)nc1C. The van der Waals surface area contributed by atoms with Crippen LogP contribution in [0.1, 0.15) is 17.0 Å². The third kappa shape index (κ3) is 3.09. The van der Waals surface area contributed by atoms with Gasteiger partial charge in [0, 0.05) is 0 Å². The number of nitrogens with zero attached hydrogens (tertiary/aromatic N) is 3. The number of hydrogen-bond donors (Lipinski definition) is 2. The van der Waals surface area contributed by atoms with Gasteiger partial charge >= 0.3 is 0 Å². The van der Waals surface area contributed by atoms with Crippen molar-refractivity contribution in [1.29, 1.82) is 0 Å². The van der Waals surface area contributed by atoms with Crippen LogP contribution in [0.4, 0.5) is 5.95 Å². The Kier molecular flexibility index (Phi) is 3.96. The van der Waals surface area contributed by atoms with Crippen molar-refractivity contribution in [3.05, 3.63) is 41.2 Å². The lowest BCUT2D eigenvalue weighted by Gasteiger charge is -2.07. The van der Waals surface area contributed by atoms with Gasteiger partial charge in [-0.1, -0.05) is 12.1 Å². The van der Waals surface area contributed by atoms with Gasteiger partial charge in [-0.25, -0.2) is 18.1 Å². The molecule has 0 aliphatic carbocycles. The quantitative estimate of drug-likeness (QED) is 0.863. The Hall–Kier alpha value is -2.06. The largest absolute Gasteiger partial charge is 0.392 e. The highest BCUT2D eigenvalue weighted by Gasteiger charge is 2.16. The van der Waals surface area contributed by atoms with Crippen LogP contribution in [0.15, 0.2) is 29.2 Å². The van der Waals surface area contributed by atoms with Gasteiger partial charge in [0.25, 0.3) is 16.0 Å². The van der Waals surface area contributed by atoms with E-state index in [1.807, 2.05) is 0 Å². The van der Waals surface area contributed by atoms with E-state index in [-0.39, 0.29) is 17.5 Å². The minimum Gasteiger partial charge on any atom is -0.392 e. The van der Waals surface area contributed by atoms with E-state index in [0.717, 1.165) is 0 Å².